The van der Waals surface area contributed by atoms with Crippen molar-refractivity contribution < 1.29 is 0 Å². The Morgan fingerprint density at radius 1 is 1.20 bits per heavy atom. The Bertz CT molecular complexity index is 188. The third kappa shape index (κ3) is 2.11. The molecule has 0 aliphatic carbocycles. The van der Waals surface area contributed by atoms with Crippen LogP contribution in [0.25, 0.3) is 0 Å². The standard InChI is InChI=1S/C9H13P/c1-3-10-9-6-4-8(2)5-7-9/h4-7,10H,3H2,1-2H3. The smallest absolute Gasteiger partial charge is 0.0271 e. The molecule has 0 radical (unpaired) electrons. The molecule has 1 heteroatoms. The number of aryl methyl sites for hydroxylation is 1. The van der Waals surface area contributed by atoms with Crippen LogP contribution in [-0.4, -0.2) is 6.16 Å². The molecule has 0 saturated heterocycles. The minimum absolute atomic E-state index is 0.983. The first kappa shape index (κ1) is 7.75. The Morgan fingerprint density at radius 3 is 2.30 bits per heavy atom. The van der Waals surface area contributed by atoms with Crippen molar-refractivity contribution in [2.24, 2.45) is 0 Å². The molecule has 0 saturated carbocycles. The second-order valence-electron chi connectivity index (χ2n) is 2.40. The molecule has 0 nitrogen and oxygen atoms in total. The van der Waals surface area contributed by atoms with Crippen molar-refractivity contribution in [3.8, 4) is 0 Å². The predicted octanol–water partition coefficient (Wildman–Crippen LogP) is 2.32. The van der Waals surface area contributed by atoms with E-state index in [0.29, 0.717) is 0 Å². The zero-order valence-electron chi connectivity index (χ0n) is 6.52. The molecule has 0 aliphatic heterocycles. The fourth-order valence-corrected chi connectivity index (χ4v) is 1.69. The largest absolute Gasteiger partial charge is 0.0907 e. The summed E-state index contributed by atoms with van der Waals surface area (Å²) in [5, 5.41) is 1.48. The van der Waals surface area contributed by atoms with Crippen LogP contribution in [-0.2, 0) is 0 Å². The maximum Gasteiger partial charge on any atom is -0.0271 e. The summed E-state index contributed by atoms with van der Waals surface area (Å²) in [6.45, 7) is 4.34. The second-order valence-corrected chi connectivity index (χ2v) is 4.03. The summed E-state index contributed by atoms with van der Waals surface area (Å²) in [6, 6.07) is 8.80. The van der Waals surface area contributed by atoms with Crippen LogP contribution in [0.5, 0.6) is 0 Å². The molecule has 1 rings (SSSR count). The van der Waals surface area contributed by atoms with Crippen LogP contribution in [0, 0.1) is 6.92 Å². The Hall–Kier alpha value is -0.350. The van der Waals surface area contributed by atoms with Crippen molar-refractivity contribution in [1.29, 1.82) is 0 Å². The van der Waals surface area contributed by atoms with Gasteiger partial charge in [-0.3, -0.25) is 0 Å². The zero-order valence-corrected chi connectivity index (χ0v) is 7.52. The second kappa shape index (κ2) is 3.73. The number of hydrogen-bond donors (Lipinski definition) is 0. The van der Waals surface area contributed by atoms with Gasteiger partial charge in [-0.1, -0.05) is 45.3 Å². The first-order chi connectivity index (χ1) is 4.83. The molecular formula is C9H13P. The molecular weight excluding hydrogens is 139 g/mol. The molecule has 54 valence electrons. The van der Waals surface area contributed by atoms with Gasteiger partial charge in [0.2, 0.25) is 0 Å². The number of rotatable bonds is 2. The van der Waals surface area contributed by atoms with Gasteiger partial charge in [-0.2, -0.15) is 0 Å². The van der Waals surface area contributed by atoms with E-state index in [4.69, 9.17) is 0 Å². The summed E-state index contributed by atoms with van der Waals surface area (Å²) in [6.07, 6.45) is 1.27. The molecule has 0 spiro atoms. The highest BCUT2D eigenvalue weighted by Crippen LogP contribution is 2.08. The lowest BCUT2D eigenvalue weighted by Crippen LogP contribution is -1.92. The summed E-state index contributed by atoms with van der Waals surface area (Å²) in [7, 11) is 0.983. The third-order valence-electron chi connectivity index (χ3n) is 1.43. The molecule has 0 aromatic heterocycles. The van der Waals surface area contributed by atoms with Crippen LogP contribution in [0.2, 0.25) is 0 Å². The summed E-state index contributed by atoms with van der Waals surface area (Å²) >= 11 is 0. The van der Waals surface area contributed by atoms with Gasteiger partial charge in [-0.05, 0) is 18.4 Å². The van der Waals surface area contributed by atoms with Crippen molar-refractivity contribution >= 4 is 13.9 Å². The van der Waals surface area contributed by atoms with Crippen molar-refractivity contribution in [3.05, 3.63) is 29.8 Å². The van der Waals surface area contributed by atoms with Crippen LogP contribution < -0.4 is 5.30 Å². The van der Waals surface area contributed by atoms with Crippen LogP contribution in [0.1, 0.15) is 12.5 Å². The van der Waals surface area contributed by atoms with Crippen molar-refractivity contribution in [3.63, 3.8) is 0 Å². The van der Waals surface area contributed by atoms with E-state index in [9.17, 15) is 0 Å². The van der Waals surface area contributed by atoms with Gasteiger partial charge in [0.25, 0.3) is 0 Å². The van der Waals surface area contributed by atoms with Gasteiger partial charge < -0.3 is 0 Å². The summed E-state index contributed by atoms with van der Waals surface area (Å²) in [4.78, 5) is 0. The van der Waals surface area contributed by atoms with Crippen LogP contribution >= 0.6 is 8.58 Å². The van der Waals surface area contributed by atoms with E-state index in [2.05, 4.69) is 38.1 Å². The lowest BCUT2D eigenvalue weighted by Gasteiger charge is -1.97. The summed E-state index contributed by atoms with van der Waals surface area (Å²) in [5.41, 5.74) is 1.35. The van der Waals surface area contributed by atoms with Gasteiger partial charge in [-0.15, -0.1) is 0 Å². The molecule has 0 aliphatic rings. The maximum absolute atomic E-state index is 2.22. The summed E-state index contributed by atoms with van der Waals surface area (Å²) < 4.78 is 0. The average molecular weight is 152 g/mol. The molecule has 1 atom stereocenters. The fraction of sp³-hybridized carbons (Fsp3) is 0.333. The highest BCUT2D eigenvalue weighted by atomic mass is 31.1. The van der Waals surface area contributed by atoms with Gasteiger partial charge in [-0.25, -0.2) is 0 Å². The minimum Gasteiger partial charge on any atom is -0.0907 e. The highest BCUT2D eigenvalue weighted by molar-refractivity contribution is 7.47. The summed E-state index contributed by atoms with van der Waals surface area (Å²) in [5.74, 6) is 0. The molecule has 0 heterocycles. The van der Waals surface area contributed by atoms with E-state index in [-0.39, 0.29) is 0 Å². The molecule has 1 aromatic carbocycles. The minimum atomic E-state index is 0.983. The van der Waals surface area contributed by atoms with Crippen LogP contribution in [0.4, 0.5) is 0 Å². The van der Waals surface area contributed by atoms with E-state index in [0.717, 1.165) is 8.58 Å². The Balaban J connectivity index is 2.69. The van der Waals surface area contributed by atoms with Gasteiger partial charge in [0, 0.05) is 0 Å². The Morgan fingerprint density at radius 2 is 1.80 bits per heavy atom. The topological polar surface area (TPSA) is 0 Å². The highest BCUT2D eigenvalue weighted by Gasteiger charge is 1.87. The molecule has 0 amide bonds. The average Bonchev–Trinajstić information content (AvgIpc) is 1.95. The van der Waals surface area contributed by atoms with Crippen LogP contribution in [0.15, 0.2) is 24.3 Å². The zero-order chi connectivity index (χ0) is 7.40. The number of benzene rings is 1. The molecule has 10 heavy (non-hydrogen) atoms. The van der Waals surface area contributed by atoms with Crippen molar-refractivity contribution in [2.45, 2.75) is 13.8 Å². The third-order valence-corrected chi connectivity index (χ3v) is 2.53. The van der Waals surface area contributed by atoms with E-state index >= 15 is 0 Å². The van der Waals surface area contributed by atoms with Gasteiger partial charge >= 0.3 is 0 Å². The molecule has 1 unspecified atom stereocenters. The SMILES string of the molecule is CCPc1ccc(C)cc1. The molecule has 1 aromatic rings. The van der Waals surface area contributed by atoms with E-state index in [1.165, 1.54) is 17.0 Å². The van der Waals surface area contributed by atoms with Crippen molar-refractivity contribution in [1.82, 2.24) is 0 Å². The lowest BCUT2D eigenvalue weighted by atomic mass is 10.2. The Kier molecular flexibility index (Phi) is 2.89. The monoisotopic (exact) mass is 152 g/mol. The molecule has 0 bridgehead atoms. The first-order valence-electron chi connectivity index (χ1n) is 3.63. The first-order valence-corrected chi connectivity index (χ1v) is 4.84. The number of hydrogen-bond acceptors (Lipinski definition) is 0. The fourth-order valence-electron chi connectivity index (χ4n) is 0.876. The van der Waals surface area contributed by atoms with Crippen molar-refractivity contribution in [2.75, 3.05) is 6.16 Å². The maximum atomic E-state index is 2.22. The predicted molar refractivity (Wildman–Crippen MR) is 49.7 cm³/mol. The van der Waals surface area contributed by atoms with E-state index < -0.39 is 0 Å². The molecule has 0 N–H and O–H groups in total. The van der Waals surface area contributed by atoms with E-state index in [1.807, 2.05) is 0 Å². The quantitative estimate of drug-likeness (QED) is 0.570. The van der Waals surface area contributed by atoms with Gasteiger partial charge in [0.1, 0.15) is 0 Å². The lowest BCUT2D eigenvalue weighted by molar-refractivity contribution is 1.48. The van der Waals surface area contributed by atoms with Gasteiger partial charge in [0.15, 0.2) is 0 Å². The van der Waals surface area contributed by atoms with E-state index in [1.54, 1.807) is 0 Å². The molecule has 0 fully saturated rings. The van der Waals surface area contributed by atoms with Crippen LogP contribution in [0.3, 0.4) is 0 Å². The normalized spacial score (nSPS) is 11.0. The van der Waals surface area contributed by atoms with Gasteiger partial charge in [0.05, 0.1) is 0 Å². The Labute approximate surface area is 64.4 Å².